The van der Waals surface area contributed by atoms with Gasteiger partial charge in [-0.25, -0.2) is 9.59 Å². The van der Waals surface area contributed by atoms with Gasteiger partial charge in [-0.2, -0.15) is 17.6 Å². The third-order valence-corrected chi connectivity index (χ3v) is 1.15. The fourth-order valence-electron chi connectivity index (χ4n) is 0.713. The molecule has 0 aromatic heterocycles. The van der Waals surface area contributed by atoms with Crippen molar-refractivity contribution >= 4 is 12.1 Å². The SMILES string of the molecule is O=C1OC(=O)C(F)(CC(F)(F)F)O1. The van der Waals surface area contributed by atoms with Crippen molar-refractivity contribution in [3.8, 4) is 0 Å². The van der Waals surface area contributed by atoms with E-state index in [4.69, 9.17) is 0 Å². The molecule has 0 amide bonds. The molecule has 8 heteroatoms. The van der Waals surface area contributed by atoms with E-state index in [0.29, 0.717) is 0 Å². The number of carbonyl (C=O) groups is 2. The Morgan fingerprint density at radius 3 is 2.15 bits per heavy atom. The molecule has 1 fully saturated rings. The predicted molar refractivity (Wildman–Crippen MR) is 27.1 cm³/mol. The molecular formula is C5H2F4O4. The number of carbonyl (C=O) groups excluding carboxylic acids is 2. The van der Waals surface area contributed by atoms with Gasteiger partial charge >= 0.3 is 24.2 Å². The summed E-state index contributed by atoms with van der Waals surface area (Å²) in [6, 6.07) is 0. The second kappa shape index (κ2) is 2.57. The largest absolute Gasteiger partial charge is 0.519 e. The first-order valence-corrected chi connectivity index (χ1v) is 2.94. The van der Waals surface area contributed by atoms with Gasteiger partial charge in [0.2, 0.25) is 0 Å². The number of hydrogen-bond donors (Lipinski definition) is 0. The summed E-state index contributed by atoms with van der Waals surface area (Å²) in [6.45, 7) is 0. The highest BCUT2D eigenvalue weighted by Crippen LogP contribution is 2.35. The molecule has 1 aliphatic heterocycles. The molecule has 0 aliphatic carbocycles. The first-order valence-electron chi connectivity index (χ1n) is 2.94. The Morgan fingerprint density at radius 2 is 1.85 bits per heavy atom. The van der Waals surface area contributed by atoms with E-state index in [9.17, 15) is 27.2 Å². The van der Waals surface area contributed by atoms with Gasteiger partial charge in [0, 0.05) is 0 Å². The molecule has 1 atom stereocenters. The van der Waals surface area contributed by atoms with Gasteiger partial charge in [0.25, 0.3) is 0 Å². The Kier molecular flexibility index (Phi) is 1.93. The van der Waals surface area contributed by atoms with E-state index in [0.717, 1.165) is 0 Å². The summed E-state index contributed by atoms with van der Waals surface area (Å²) in [6.07, 6.45) is -8.93. The van der Waals surface area contributed by atoms with Crippen LogP contribution in [0, 0.1) is 0 Å². The Morgan fingerprint density at radius 1 is 1.31 bits per heavy atom. The molecule has 0 aromatic rings. The summed E-state index contributed by atoms with van der Waals surface area (Å²) in [5, 5.41) is 0. The van der Waals surface area contributed by atoms with Crippen LogP contribution in [-0.4, -0.2) is 24.2 Å². The van der Waals surface area contributed by atoms with Crippen LogP contribution in [0.3, 0.4) is 0 Å². The van der Waals surface area contributed by atoms with Crippen molar-refractivity contribution in [3.05, 3.63) is 0 Å². The normalized spacial score (nSPS) is 28.6. The molecular weight excluding hydrogens is 200 g/mol. The predicted octanol–water partition coefficient (Wildman–Crippen LogP) is 1.30. The average Bonchev–Trinajstić information content (AvgIpc) is 2.00. The average molecular weight is 202 g/mol. The van der Waals surface area contributed by atoms with Crippen molar-refractivity contribution in [2.45, 2.75) is 18.5 Å². The molecule has 1 unspecified atom stereocenters. The van der Waals surface area contributed by atoms with E-state index in [1.54, 1.807) is 0 Å². The first-order chi connectivity index (χ1) is 5.73. The Bertz CT molecular complexity index is 260. The van der Waals surface area contributed by atoms with Gasteiger partial charge in [0.15, 0.2) is 0 Å². The molecule has 0 spiro atoms. The fourth-order valence-corrected chi connectivity index (χ4v) is 0.713. The Hall–Kier alpha value is -1.34. The lowest BCUT2D eigenvalue weighted by Crippen LogP contribution is -2.36. The van der Waals surface area contributed by atoms with Crippen LogP contribution >= 0.6 is 0 Å². The van der Waals surface area contributed by atoms with Crippen molar-refractivity contribution < 1.29 is 36.6 Å². The van der Waals surface area contributed by atoms with Crippen molar-refractivity contribution in [2.75, 3.05) is 0 Å². The number of hydrogen-bond acceptors (Lipinski definition) is 4. The Labute approximate surface area is 68.4 Å². The quantitative estimate of drug-likeness (QED) is 0.365. The van der Waals surface area contributed by atoms with Gasteiger partial charge in [-0.05, 0) is 0 Å². The maximum atomic E-state index is 12.8. The highest BCUT2D eigenvalue weighted by atomic mass is 19.4. The second-order valence-corrected chi connectivity index (χ2v) is 2.26. The van der Waals surface area contributed by atoms with E-state index >= 15 is 0 Å². The van der Waals surface area contributed by atoms with E-state index in [2.05, 4.69) is 9.47 Å². The van der Waals surface area contributed by atoms with Gasteiger partial charge < -0.3 is 9.47 Å². The number of cyclic esters (lactones) is 3. The van der Waals surface area contributed by atoms with E-state index in [1.807, 2.05) is 0 Å². The zero-order valence-corrected chi connectivity index (χ0v) is 5.85. The lowest BCUT2D eigenvalue weighted by Gasteiger charge is -2.14. The lowest BCUT2D eigenvalue weighted by atomic mass is 10.2. The van der Waals surface area contributed by atoms with Crippen LogP contribution in [0.4, 0.5) is 22.4 Å². The summed E-state index contributed by atoms with van der Waals surface area (Å²) in [7, 11) is 0. The number of alkyl halides is 4. The van der Waals surface area contributed by atoms with Crippen molar-refractivity contribution in [1.29, 1.82) is 0 Å². The van der Waals surface area contributed by atoms with Crippen molar-refractivity contribution in [1.82, 2.24) is 0 Å². The van der Waals surface area contributed by atoms with E-state index in [1.165, 1.54) is 0 Å². The minimum atomic E-state index is -4.96. The third-order valence-electron chi connectivity index (χ3n) is 1.15. The molecule has 0 aromatic carbocycles. The first kappa shape index (κ1) is 9.75. The van der Waals surface area contributed by atoms with Crippen LogP contribution in [-0.2, 0) is 14.3 Å². The molecule has 1 saturated heterocycles. The molecule has 0 radical (unpaired) electrons. The maximum Gasteiger partial charge on any atom is 0.519 e. The van der Waals surface area contributed by atoms with Gasteiger partial charge in [-0.1, -0.05) is 0 Å². The van der Waals surface area contributed by atoms with Crippen LogP contribution < -0.4 is 0 Å². The van der Waals surface area contributed by atoms with Gasteiger partial charge in [0.05, 0.1) is 0 Å². The minimum Gasteiger partial charge on any atom is -0.385 e. The highest BCUT2D eigenvalue weighted by Gasteiger charge is 2.58. The fraction of sp³-hybridized carbons (Fsp3) is 0.600. The summed E-state index contributed by atoms with van der Waals surface area (Å²) in [5.41, 5.74) is 0. The molecule has 1 aliphatic rings. The highest BCUT2D eigenvalue weighted by molar-refractivity contribution is 5.93. The zero-order chi connectivity index (χ0) is 10.3. The second-order valence-electron chi connectivity index (χ2n) is 2.26. The topological polar surface area (TPSA) is 52.6 Å². The van der Waals surface area contributed by atoms with Crippen LogP contribution in [0.2, 0.25) is 0 Å². The van der Waals surface area contributed by atoms with Gasteiger partial charge in [-0.15, -0.1) is 0 Å². The standard InChI is InChI=1S/C5H2F4O4/c6-4(1-5(7,8)9)2(10)12-3(11)13-4/h1H2. The number of esters is 1. The van der Waals surface area contributed by atoms with Crippen molar-refractivity contribution in [3.63, 3.8) is 0 Å². The van der Waals surface area contributed by atoms with Crippen molar-refractivity contribution in [2.24, 2.45) is 0 Å². The molecule has 74 valence electrons. The molecule has 13 heavy (non-hydrogen) atoms. The summed E-state index contributed by atoms with van der Waals surface area (Å²) in [4.78, 5) is 20.4. The molecule has 0 N–H and O–H groups in total. The smallest absolute Gasteiger partial charge is 0.385 e. The summed E-state index contributed by atoms with van der Waals surface area (Å²) < 4.78 is 54.5. The number of rotatable bonds is 1. The van der Waals surface area contributed by atoms with Crippen LogP contribution in [0.15, 0.2) is 0 Å². The van der Waals surface area contributed by atoms with E-state index < -0.39 is 30.6 Å². The third kappa shape index (κ3) is 2.07. The summed E-state index contributed by atoms with van der Waals surface area (Å²) in [5.74, 6) is -5.70. The summed E-state index contributed by atoms with van der Waals surface area (Å²) >= 11 is 0. The Balaban J connectivity index is 2.77. The monoisotopic (exact) mass is 202 g/mol. The van der Waals surface area contributed by atoms with Gasteiger partial charge in [0.1, 0.15) is 6.42 Å². The van der Waals surface area contributed by atoms with Crippen LogP contribution in [0.1, 0.15) is 6.42 Å². The van der Waals surface area contributed by atoms with Crippen LogP contribution in [0.5, 0.6) is 0 Å². The molecule has 1 heterocycles. The van der Waals surface area contributed by atoms with Crippen LogP contribution in [0.25, 0.3) is 0 Å². The number of ether oxygens (including phenoxy) is 2. The molecule has 0 saturated carbocycles. The molecule has 4 nitrogen and oxygen atoms in total. The maximum absolute atomic E-state index is 12.8. The zero-order valence-electron chi connectivity index (χ0n) is 5.85. The van der Waals surface area contributed by atoms with E-state index in [-0.39, 0.29) is 0 Å². The molecule has 1 rings (SSSR count). The lowest BCUT2D eigenvalue weighted by molar-refractivity contribution is -0.205. The van der Waals surface area contributed by atoms with Gasteiger partial charge in [-0.3, -0.25) is 0 Å². The number of halogens is 4. The minimum absolute atomic E-state index is 1.77. The molecule has 0 bridgehead atoms.